The van der Waals surface area contributed by atoms with Gasteiger partial charge in [-0.2, -0.15) is 0 Å². The summed E-state index contributed by atoms with van der Waals surface area (Å²) in [7, 11) is 1.45. The smallest absolute Gasteiger partial charge is 0.306 e. The summed E-state index contributed by atoms with van der Waals surface area (Å²) in [5.74, 6) is 0.507. The monoisotopic (exact) mass is 227 g/mol. The maximum atomic E-state index is 11.5. The van der Waals surface area contributed by atoms with E-state index < -0.39 is 0 Å². The molecule has 1 aliphatic rings. The van der Waals surface area contributed by atoms with Crippen molar-refractivity contribution in [3.05, 3.63) is 0 Å². The number of methoxy groups -OCH3 is 1. The first-order chi connectivity index (χ1) is 7.32. The van der Waals surface area contributed by atoms with E-state index >= 15 is 0 Å². The summed E-state index contributed by atoms with van der Waals surface area (Å²) in [6.45, 7) is 7.37. The molecule has 0 aromatic rings. The van der Waals surface area contributed by atoms with Gasteiger partial charge in [0.25, 0.3) is 0 Å². The third-order valence-electron chi connectivity index (χ3n) is 3.72. The molecule has 1 fully saturated rings. The molecular weight excluding hydrogens is 202 g/mol. The Morgan fingerprint density at radius 2 is 2.06 bits per heavy atom. The summed E-state index contributed by atoms with van der Waals surface area (Å²) >= 11 is 0. The van der Waals surface area contributed by atoms with E-state index in [0.29, 0.717) is 18.9 Å². The van der Waals surface area contributed by atoms with Gasteiger partial charge < -0.3 is 10.5 Å². The largest absolute Gasteiger partial charge is 0.469 e. The van der Waals surface area contributed by atoms with Gasteiger partial charge in [-0.3, -0.25) is 4.79 Å². The first kappa shape index (κ1) is 13.5. The fraction of sp³-hybridized carbons (Fsp3) is 0.923. The minimum atomic E-state index is -0.129. The van der Waals surface area contributed by atoms with Crippen LogP contribution in [0.15, 0.2) is 0 Å². The van der Waals surface area contributed by atoms with Gasteiger partial charge in [-0.05, 0) is 42.6 Å². The maximum absolute atomic E-state index is 11.5. The van der Waals surface area contributed by atoms with Gasteiger partial charge in [-0.25, -0.2) is 0 Å². The van der Waals surface area contributed by atoms with Gasteiger partial charge in [0.05, 0.1) is 13.5 Å². The molecule has 2 N–H and O–H groups in total. The summed E-state index contributed by atoms with van der Waals surface area (Å²) in [5.41, 5.74) is 6.15. The van der Waals surface area contributed by atoms with Crippen LogP contribution in [0.1, 0.15) is 46.5 Å². The first-order valence-corrected chi connectivity index (χ1v) is 6.09. The average molecular weight is 227 g/mol. The number of carbonyl (C=O) groups is 1. The zero-order valence-corrected chi connectivity index (χ0v) is 11.0. The van der Waals surface area contributed by atoms with Crippen molar-refractivity contribution >= 4 is 5.97 Å². The molecule has 0 aromatic heterocycles. The van der Waals surface area contributed by atoms with Crippen LogP contribution < -0.4 is 5.73 Å². The predicted octanol–water partition coefficient (Wildman–Crippen LogP) is 2.34. The van der Waals surface area contributed by atoms with E-state index in [1.165, 1.54) is 13.5 Å². The van der Waals surface area contributed by atoms with Gasteiger partial charge >= 0.3 is 5.97 Å². The second kappa shape index (κ2) is 4.74. The fourth-order valence-corrected chi connectivity index (χ4v) is 3.65. The van der Waals surface area contributed by atoms with Crippen LogP contribution in [0.2, 0.25) is 0 Å². The molecule has 0 saturated heterocycles. The van der Waals surface area contributed by atoms with Crippen molar-refractivity contribution in [3.63, 3.8) is 0 Å². The quantitative estimate of drug-likeness (QED) is 0.753. The van der Waals surface area contributed by atoms with Gasteiger partial charge in [0, 0.05) is 0 Å². The highest BCUT2D eigenvalue weighted by Crippen LogP contribution is 2.49. The lowest BCUT2D eigenvalue weighted by molar-refractivity contribution is -0.145. The highest BCUT2D eigenvalue weighted by atomic mass is 16.5. The molecule has 2 atom stereocenters. The third-order valence-corrected chi connectivity index (χ3v) is 3.72. The molecule has 3 heteroatoms. The minimum absolute atomic E-state index is 0.0474. The molecular formula is C13H25NO2. The SMILES string of the molecule is COC(=O)CC1(CN)CC(C)CC(C)(C)C1. The lowest BCUT2D eigenvalue weighted by Gasteiger charge is -2.46. The molecule has 0 aromatic carbocycles. The Morgan fingerprint density at radius 1 is 1.44 bits per heavy atom. The van der Waals surface area contributed by atoms with Crippen molar-refractivity contribution in [2.24, 2.45) is 22.5 Å². The third kappa shape index (κ3) is 3.21. The van der Waals surface area contributed by atoms with Crippen molar-refractivity contribution in [1.82, 2.24) is 0 Å². The van der Waals surface area contributed by atoms with Crippen molar-refractivity contribution in [2.75, 3.05) is 13.7 Å². The normalized spacial score (nSPS) is 33.4. The van der Waals surface area contributed by atoms with Crippen LogP contribution in [0.5, 0.6) is 0 Å². The molecule has 0 amide bonds. The number of carbonyl (C=O) groups excluding carboxylic acids is 1. The average Bonchev–Trinajstić information content (AvgIpc) is 2.14. The van der Waals surface area contributed by atoms with E-state index in [4.69, 9.17) is 10.5 Å². The molecule has 2 unspecified atom stereocenters. The molecule has 0 radical (unpaired) electrons. The van der Waals surface area contributed by atoms with Gasteiger partial charge in [-0.15, -0.1) is 0 Å². The molecule has 0 aliphatic heterocycles. The molecule has 94 valence electrons. The van der Waals surface area contributed by atoms with Crippen molar-refractivity contribution in [2.45, 2.75) is 46.5 Å². The van der Waals surface area contributed by atoms with Gasteiger partial charge in [-0.1, -0.05) is 20.8 Å². The van der Waals surface area contributed by atoms with E-state index in [1.54, 1.807) is 0 Å². The predicted molar refractivity (Wildman–Crippen MR) is 64.9 cm³/mol. The zero-order chi connectivity index (χ0) is 12.4. The molecule has 0 spiro atoms. The summed E-state index contributed by atoms with van der Waals surface area (Å²) in [6.07, 6.45) is 3.75. The molecule has 1 rings (SSSR count). The van der Waals surface area contributed by atoms with E-state index in [9.17, 15) is 4.79 Å². The molecule has 3 nitrogen and oxygen atoms in total. The lowest BCUT2D eigenvalue weighted by Crippen LogP contribution is -2.43. The standard InChI is InChI=1S/C13H25NO2/c1-10-5-12(2,3)8-13(6-10,9-14)7-11(15)16-4/h10H,5-9,14H2,1-4H3. The van der Waals surface area contributed by atoms with Crippen LogP contribution in [0, 0.1) is 16.7 Å². The van der Waals surface area contributed by atoms with E-state index in [1.807, 2.05) is 0 Å². The number of hydrogen-bond acceptors (Lipinski definition) is 3. The molecule has 0 bridgehead atoms. The van der Waals surface area contributed by atoms with E-state index in [-0.39, 0.29) is 16.8 Å². The fourth-order valence-electron chi connectivity index (χ4n) is 3.65. The Morgan fingerprint density at radius 3 is 2.50 bits per heavy atom. The Balaban J connectivity index is 2.81. The van der Waals surface area contributed by atoms with E-state index in [2.05, 4.69) is 20.8 Å². The van der Waals surface area contributed by atoms with Crippen LogP contribution in [-0.4, -0.2) is 19.6 Å². The Bertz CT molecular complexity index is 263. The summed E-state index contributed by atoms with van der Waals surface area (Å²) < 4.78 is 4.79. The second-order valence-electron chi connectivity index (χ2n) is 6.31. The van der Waals surface area contributed by atoms with Crippen LogP contribution in [0.3, 0.4) is 0 Å². The van der Waals surface area contributed by atoms with Crippen molar-refractivity contribution in [3.8, 4) is 0 Å². The summed E-state index contributed by atoms with van der Waals surface area (Å²) in [4.78, 5) is 11.5. The molecule has 16 heavy (non-hydrogen) atoms. The summed E-state index contributed by atoms with van der Waals surface area (Å²) in [5, 5.41) is 0. The Labute approximate surface area is 98.7 Å². The van der Waals surface area contributed by atoms with Gasteiger partial charge in [0.2, 0.25) is 0 Å². The molecule has 1 saturated carbocycles. The number of hydrogen-bond donors (Lipinski definition) is 1. The Kier molecular flexibility index (Phi) is 4.00. The Hall–Kier alpha value is -0.570. The molecule has 0 heterocycles. The number of ether oxygens (including phenoxy) is 1. The van der Waals surface area contributed by atoms with E-state index in [0.717, 1.165) is 12.8 Å². The van der Waals surface area contributed by atoms with Gasteiger partial charge in [0.1, 0.15) is 0 Å². The van der Waals surface area contributed by atoms with Crippen molar-refractivity contribution in [1.29, 1.82) is 0 Å². The van der Waals surface area contributed by atoms with Crippen LogP contribution >= 0.6 is 0 Å². The van der Waals surface area contributed by atoms with Crippen LogP contribution in [0.25, 0.3) is 0 Å². The lowest BCUT2D eigenvalue weighted by atomic mass is 9.59. The molecule has 1 aliphatic carbocycles. The highest BCUT2D eigenvalue weighted by molar-refractivity contribution is 5.70. The highest BCUT2D eigenvalue weighted by Gasteiger charge is 2.43. The van der Waals surface area contributed by atoms with Crippen LogP contribution in [-0.2, 0) is 9.53 Å². The number of rotatable bonds is 3. The number of esters is 1. The minimum Gasteiger partial charge on any atom is -0.469 e. The van der Waals surface area contributed by atoms with Gasteiger partial charge in [0.15, 0.2) is 0 Å². The van der Waals surface area contributed by atoms with Crippen LogP contribution in [0.4, 0.5) is 0 Å². The zero-order valence-electron chi connectivity index (χ0n) is 11.0. The first-order valence-electron chi connectivity index (χ1n) is 6.09. The topological polar surface area (TPSA) is 52.3 Å². The summed E-state index contributed by atoms with van der Waals surface area (Å²) in [6, 6.07) is 0. The number of nitrogens with two attached hydrogens (primary N) is 1. The second-order valence-corrected chi connectivity index (χ2v) is 6.31. The maximum Gasteiger partial charge on any atom is 0.306 e. The van der Waals surface area contributed by atoms with Crippen molar-refractivity contribution < 1.29 is 9.53 Å².